The van der Waals surface area contributed by atoms with Gasteiger partial charge in [-0.05, 0) is 37.5 Å². The minimum Gasteiger partial charge on any atom is -0.324 e. The van der Waals surface area contributed by atoms with Crippen molar-refractivity contribution in [1.29, 1.82) is 0 Å². The molecule has 1 aromatic rings. The van der Waals surface area contributed by atoms with Gasteiger partial charge in [-0.15, -0.1) is 0 Å². The van der Waals surface area contributed by atoms with Crippen LogP contribution in [-0.4, -0.2) is 43.7 Å². The molecule has 0 saturated carbocycles. The van der Waals surface area contributed by atoms with E-state index in [0.717, 1.165) is 17.2 Å². The van der Waals surface area contributed by atoms with E-state index < -0.39 is 27.5 Å². The van der Waals surface area contributed by atoms with E-state index in [4.69, 9.17) is 11.6 Å². The van der Waals surface area contributed by atoms with Crippen LogP contribution in [0.3, 0.4) is 0 Å². The summed E-state index contributed by atoms with van der Waals surface area (Å²) in [6.45, 7) is 1.59. The maximum atomic E-state index is 13.8. The van der Waals surface area contributed by atoms with Gasteiger partial charge in [-0.2, -0.15) is 13.2 Å². The number of sulfone groups is 1. The van der Waals surface area contributed by atoms with Crippen molar-refractivity contribution in [2.75, 3.05) is 12.8 Å². The molecule has 0 aliphatic carbocycles. The smallest absolute Gasteiger partial charge is 0.324 e. The van der Waals surface area contributed by atoms with Gasteiger partial charge in [-0.25, -0.2) is 8.42 Å². The van der Waals surface area contributed by atoms with E-state index >= 15 is 0 Å². The summed E-state index contributed by atoms with van der Waals surface area (Å²) in [6.07, 6.45) is -3.49. The Hall–Kier alpha value is -1.28. The summed E-state index contributed by atoms with van der Waals surface area (Å²) in [5.74, 6) is -0.890. The van der Waals surface area contributed by atoms with Gasteiger partial charge in [0.15, 0.2) is 9.84 Å². The van der Waals surface area contributed by atoms with Crippen molar-refractivity contribution in [3.8, 4) is 0 Å². The van der Waals surface area contributed by atoms with Crippen molar-refractivity contribution in [1.82, 2.24) is 4.90 Å². The quantitative estimate of drug-likeness (QED) is 0.769. The maximum absolute atomic E-state index is 13.8. The van der Waals surface area contributed by atoms with Gasteiger partial charge < -0.3 is 4.90 Å². The number of hydrogen-bond donors (Lipinski definition) is 0. The molecule has 1 aliphatic rings. The number of hydrogen-bond acceptors (Lipinski definition) is 3. The van der Waals surface area contributed by atoms with Crippen LogP contribution in [-0.2, 0) is 9.84 Å². The Morgan fingerprint density at radius 1 is 1.36 bits per heavy atom. The third-order valence-corrected chi connectivity index (χ3v) is 5.96. The largest absolute Gasteiger partial charge is 0.411 e. The normalized spacial score (nSPS) is 21.6. The summed E-state index contributed by atoms with van der Waals surface area (Å²) in [4.78, 5) is 13.5. The Kier molecular flexibility index (Phi) is 5.45. The second-order valence-corrected chi connectivity index (χ2v) is 8.68. The van der Waals surface area contributed by atoms with Crippen LogP contribution in [0.4, 0.5) is 13.2 Å². The lowest BCUT2D eigenvalue weighted by atomic mass is 9.89. The highest BCUT2D eigenvalue weighted by molar-refractivity contribution is 7.90. The molecule has 1 fully saturated rings. The highest BCUT2D eigenvalue weighted by Crippen LogP contribution is 2.47. The number of benzene rings is 1. The first-order chi connectivity index (χ1) is 11.4. The van der Waals surface area contributed by atoms with Crippen molar-refractivity contribution in [3.05, 3.63) is 28.8 Å². The first kappa shape index (κ1) is 20.0. The van der Waals surface area contributed by atoms with Crippen LogP contribution in [0.2, 0.25) is 5.02 Å². The van der Waals surface area contributed by atoms with Crippen molar-refractivity contribution >= 4 is 27.3 Å². The lowest BCUT2D eigenvalue weighted by Crippen LogP contribution is -2.57. The predicted molar refractivity (Wildman–Crippen MR) is 88.5 cm³/mol. The number of likely N-dealkylation sites (tertiary alicyclic amines) is 1. The summed E-state index contributed by atoms with van der Waals surface area (Å²) in [7, 11) is -3.62. The second kappa shape index (κ2) is 6.79. The van der Waals surface area contributed by atoms with Gasteiger partial charge in [0.25, 0.3) is 5.91 Å². The first-order valence-electron chi connectivity index (χ1n) is 7.82. The number of amides is 1. The predicted octanol–water partition coefficient (Wildman–Crippen LogP) is 4.08. The molecular formula is C16H19ClF3NO3S. The molecule has 1 heterocycles. The molecule has 140 valence electrons. The molecule has 1 aromatic carbocycles. The molecule has 1 saturated heterocycles. The van der Waals surface area contributed by atoms with E-state index in [0.29, 0.717) is 0 Å². The van der Waals surface area contributed by atoms with Crippen LogP contribution in [0.1, 0.15) is 43.0 Å². The van der Waals surface area contributed by atoms with Gasteiger partial charge in [0.1, 0.15) is 5.54 Å². The third kappa shape index (κ3) is 3.65. The molecule has 1 unspecified atom stereocenters. The zero-order valence-corrected chi connectivity index (χ0v) is 15.4. The summed E-state index contributed by atoms with van der Waals surface area (Å²) in [5, 5.41) is -0.0723. The highest BCUT2D eigenvalue weighted by Gasteiger charge is 2.61. The summed E-state index contributed by atoms with van der Waals surface area (Å²) in [5.41, 5.74) is -2.46. The van der Waals surface area contributed by atoms with Crippen molar-refractivity contribution < 1.29 is 26.4 Å². The van der Waals surface area contributed by atoms with Gasteiger partial charge in [-0.3, -0.25) is 4.79 Å². The van der Waals surface area contributed by atoms with Crippen molar-refractivity contribution in [2.45, 2.75) is 49.2 Å². The fourth-order valence-electron chi connectivity index (χ4n) is 3.33. The number of halogens is 4. The van der Waals surface area contributed by atoms with E-state index in [1.54, 1.807) is 6.92 Å². The average Bonchev–Trinajstić information content (AvgIpc) is 2.91. The van der Waals surface area contributed by atoms with Crippen LogP contribution in [0, 0.1) is 0 Å². The zero-order chi connectivity index (χ0) is 19.0. The molecule has 0 N–H and O–H groups in total. The van der Waals surface area contributed by atoms with E-state index in [1.807, 2.05) is 0 Å². The first-order valence-corrected chi connectivity index (χ1v) is 10.1. The van der Waals surface area contributed by atoms with Crippen LogP contribution in [0.15, 0.2) is 23.1 Å². The Labute approximate surface area is 149 Å². The Morgan fingerprint density at radius 3 is 2.52 bits per heavy atom. The SMILES string of the molecule is CCCC1(C(F)(F)F)CCCN1C(=O)c1cc(S(C)(=O)=O)ccc1Cl. The van der Waals surface area contributed by atoms with E-state index in [9.17, 15) is 26.4 Å². The molecule has 1 amide bonds. The average molecular weight is 398 g/mol. The molecule has 0 spiro atoms. The summed E-state index contributed by atoms with van der Waals surface area (Å²) >= 11 is 5.98. The fraction of sp³-hybridized carbons (Fsp3) is 0.562. The molecule has 1 aliphatic heterocycles. The number of carbonyl (C=O) groups excluding carboxylic acids is 1. The molecule has 0 bridgehead atoms. The van der Waals surface area contributed by atoms with Gasteiger partial charge in [0.2, 0.25) is 0 Å². The molecule has 0 radical (unpaired) electrons. The molecule has 0 aromatic heterocycles. The Balaban J connectivity index is 2.53. The summed E-state index contributed by atoms with van der Waals surface area (Å²) < 4.78 is 64.7. The van der Waals surface area contributed by atoms with E-state index in [1.165, 1.54) is 12.1 Å². The second-order valence-electron chi connectivity index (χ2n) is 6.25. The third-order valence-electron chi connectivity index (χ3n) is 4.52. The molecule has 1 atom stereocenters. The Morgan fingerprint density at radius 2 is 2.00 bits per heavy atom. The van der Waals surface area contributed by atoms with Crippen molar-refractivity contribution in [3.63, 3.8) is 0 Å². The fourth-order valence-corrected chi connectivity index (χ4v) is 4.17. The Bertz CT molecular complexity index is 779. The van der Waals surface area contributed by atoms with Gasteiger partial charge >= 0.3 is 6.18 Å². The van der Waals surface area contributed by atoms with Crippen LogP contribution in [0.5, 0.6) is 0 Å². The molecule has 9 heteroatoms. The zero-order valence-electron chi connectivity index (χ0n) is 13.9. The number of alkyl halides is 3. The van der Waals surface area contributed by atoms with Crippen LogP contribution >= 0.6 is 11.6 Å². The highest BCUT2D eigenvalue weighted by atomic mass is 35.5. The van der Waals surface area contributed by atoms with Crippen LogP contribution in [0.25, 0.3) is 0 Å². The molecule has 2 rings (SSSR count). The molecule has 25 heavy (non-hydrogen) atoms. The number of nitrogens with zero attached hydrogens (tertiary/aromatic N) is 1. The lowest BCUT2D eigenvalue weighted by Gasteiger charge is -2.40. The monoisotopic (exact) mass is 397 g/mol. The van der Waals surface area contributed by atoms with Gasteiger partial charge in [0, 0.05) is 12.8 Å². The van der Waals surface area contributed by atoms with E-state index in [-0.39, 0.29) is 47.7 Å². The molecule has 4 nitrogen and oxygen atoms in total. The topological polar surface area (TPSA) is 54.5 Å². The molecular weight excluding hydrogens is 379 g/mol. The van der Waals surface area contributed by atoms with E-state index in [2.05, 4.69) is 0 Å². The standard InChI is InChI=1S/C16H19ClF3NO3S/c1-3-7-15(16(18,19)20)8-4-9-21(15)14(22)12-10-11(25(2,23)24)5-6-13(12)17/h5-6,10H,3-4,7-9H2,1-2H3. The van der Waals surface area contributed by atoms with Crippen molar-refractivity contribution in [2.24, 2.45) is 0 Å². The summed E-state index contributed by atoms with van der Waals surface area (Å²) in [6, 6.07) is 3.49. The van der Waals surface area contributed by atoms with Gasteiger partial charge in [-0.1, -0.05) is 24.9 Å². The number of rotatable bonds is 4. The maximum Gasteiger partial charge on any atom is 0.411 e. The number of carbonyl (C=O) groups is 1. The lowest BCUT2D eigenvalue weighted by molar-refractivity contribution is -0.217. The minimum absolute atomic E-state index is 0.0439. The minimum atomic E-state index is -4.57. The van der Waals surface area contributed by atoms with Gasteiger partial charge in [0.05, 0.1) is 15.5 Å². The van der Waals surface area contributed by atoms with Crippen LogP contribution < -0.4 is 0 Å².